The Morgan fingerprint density at radius 3 is 3.00 bits per heavy atom. The van der Waals surface area contributed by atoms with Crippen molar-refractivity contribution in [3.8, 4) is 11.8 Å². The molecule has 1 aliphatic rings. The maximum atomic E-state index is 13.4. The van der Waals surface area contributed by atoms with Gasteiger partial charge in [0.05, 0.1) is 6.61 Å². The number of aliphatic hydroxyl groups excluding tert-OH is 1. The van der Waals surface area contributed by atoms with Gasteiger partial charge in [0.1, 0.15) is 5.82 Å². The average molecular weight is 275 g/mol. The van der Waals surface area contributed by atoms with Crippen molar-refractivity contribution in [2.45, 2.75) is 45.2 Å². The average Bonchev–Trinajstić information content (AvgIpc) is 2.44. The molecule has 0 saturated carbocycles. The van der Waals surface area contributed by atoms with E-state index < -0.39 is 0 Å². The topological polar surface area (TPSA) is 23.5 Å². The van der Waals surface area contributed by atoms with Gasteiger partial charge in [0.2, 0.25) is 0 Å². The van der Waals surface area contributed by atoms with Gasteiger partial charge in [-0.2, -0.15) is 0 Å². The molecular weight excluding hydrogens is 253 g/mol. The van der Waals surface area contributed by atoms with Crippen LogP contribution >= 0.6 is 0 Å². The first-order valence-corrected chi connectivity index (χ1v) is 7.33. The van der Waals surface area contributed by atoms with Crippen LogP contribution in [0.1, 0.15) is 43.7 Å². The smallest absolute Gasteiger partial charge is 0.124 e. The highest BCUT2D eigenvalue weighted by Crippen LogP contribution is 2.21. The Kier molecular flexibility index (Phi) is 5.58. The number of nitrogens with zero attached hydrogens (tertiary/aromatic N) is 1. The number of likely N-dealkylation sites (tertiary alicyclic amines) is 1. The standard InChI is InChI=1S/C17H22FNO/c1-14-6-2-4-10-19(14)13-16-8-9-17(18)12-15(16)7-3-5-11-20/h8-9,12,14,20H,2,4-6,10-11,13H2,1H3. The third kappa shape index (κ3) is 4.06. The van der Waals surface area contributed by atoms with Gasteiger partial charge in [-0.05, 0) is 44.0 Å². The monoisotopic (exact) mass is 275 g/mol. The van der Waals surface area contributed by atoms with Gasteiger partial charge in [-0.15, -0.1) is 0 Å². The lowest BCUT2D eigenvalue weighted by atomic mass is 10.0. The molecule has 2 rings (SSSR count). The molecule has 1 heterocycles. The number of piperidine rings is 1. The first-order chi connectivity index (χ1) is 9.70. The van der Waals surface area contributed by atoms with Crippen molar-refractivity contribution in [1.29, 1.82) is 0 Å². The maximum absolute atomic E-state index is 13.4. The van der Waals surface area contributed by atoms with Crippen LogP contribution in [0.15, 0.2) is 18.2 Å². The first kappa shape index (κ1) is 15.0. The Bertz CT molecular complexity index is 503. The lowest BCUT2D eigenvalue weighted by molar-refractivity contribution is 0.152. The fourth-order valence-electron chi connectivity index (χ4n) is 2.63. The van der Waals surface area contributed by atoms with E-state index in [0.717, 1.165) is 24.2 Å². The van der Waals surface area contributed by atoms with Gasteiger partial charge in [0.15, 0.2) is 0 Å². The Morgan fingerprint density at radius 1 is 1.40 bits per heavy atom. The summed E-state index contributed by atoms with van der Waals surface area (Å²) in [6.45, 7) is 4.22. The quantitative estimate of drug-likeness (QED) is 0.857. The molecule has 108 valence electrons. The Morgan fingerprint density at radius 2 is 2.25 bits per heavy atom. The maximum Gasteiger partial charge on any atom is 0.124 e. The number of aliphatic hydroxyl groups is 1. The lowest BCUT2D eigenvalue weighted by Crippen LogP contribution is -2.36. The van der Waals surface area contributed by atoms with Gasteiger partial charge < -0.3 is 5.11 Å². The minimum Gasteiger partial charge on any atom is -0.395 e. The molecule has 1 saturated heterocycles. The van der Waals surface area contributed by atoms with Crippen LogP contribution < -0.4 is 0 Å². The summed E-state index contributed by atoms with van der Waals surface area (Å²) in [5.74, 6) is 5.61. The van der Waals surface area contributed by atoms with Gasteiger partial charge in [-0.25, -0.2) is 4.39 Å². The van der Waals surface area contributed by atoms with Gasteiger partial charge in [-0.1, -0.05) is 24.3 Å². The summed E-state index contributed by atoms with van der Waals surface area (Å²) in [6.07, 6.45) is 4.18. The molecule has 3 heteroatoms. The molecule has 2 nitrogen and oxygen atoms in total. The zero-order valence-electron chi connectivity index (χ0n) is 12.0. The van der Waals surface area contributed by atoms with E-state index in [4.69, 9.17) is 5.11 Å². The summed E-state index contributed by atoms with van der Waals surface area (Å²) in [7, 11) is 0. The highest BCUT2D eigenvalue weighted by molar-refractivity contribution is 5.41. The molecule has 0 bridgehead atoms. The van der Waals surface area contributed by atoms with Crippen molar-refractivity contribution >= 4 is 0 Å². The second-order valence-electron chi connectivity index (χ2n) is 5.39. The molecule has 0 spiro atoms. The Labute approximate surface area is 120 Å². The third-order valence-corrected chi connectivity index (χ3v) is 3.85. The second kappa shape index (κ2) is 7.42. The molecule has 1 aliphatic heterocycles. The van der Waals surface area contributed by atoms with E-state index in [1.165, 1.54) is 31.4 Å². The molecule has 1 atom stereocenters. The van der Waals surface area contributed by atoms with Crippen molar-refractivity contribution in [2.75, 3.05) is 13.2 Å². The number of rotatable bonds is 3. The molecule has 1 fully saturated rings. The zero-order valence-corrected chi connectivity index (χ0v) is 12.0. The minimum atomic E-state index is -0.256. The van der Waals surface area contributed by atoms with E-state index >= 15 is 0 Å². The summed E-state index contributed by atoms with van der Waals surface area (Å²) in [6, 6.07) is 5.40. The summed E-state index contributed by atoms with van der Waals surface area (Å²) in [5, 5.41) is 8.78. The summed E-state index contributed by atoms with van der Waals surface area (Å²) in [4.78, 5) is 2.44. The van der Waals surface area contributed by atoms with Crippen LogP contribution in [0.3, 0.4) is 0 Å². The normalized spacial score (nSPS) is 19.4. The largest absolute Gasteiger partial charge is 0.395 e. The number of hydrogen-bond acceptors (Lipinski definition) is 2. The predicted octanol–water partition coefficient (Wildman–Crippen LogP) is 2.93. The molecule has 0 radical (unpaired) electrons. The van der Waals surface area contributed by atoms with Crippen LogP contribution in [0.4, 0.5) is 4.39 Å². The summed E-state index contributed by atoms with van der Waals surface area (Å²) < 4.78 is 13.4. The fraction of sp³-hybridized carbons (Fsp3) is 0.529. The van der Waals surface area contributed by atoms with Gasteiger partial charge in [0.25, 0.3) is 0 Å². The van der Waals surface area contributed by atoms with Crippen molar-refractivity contribution in [3.05, 3.63) is 35.1 Å². The summed E-state index contributed by atoms with van der Waals surface area (Å²) >= 11 is 0. The predicted molar refractivity (Wildman–Crippen MR) is 78.7 cm³/mol. The van der Waals surface area contributed by atoms with E-state index in [1.54, 1.807) is 0 Å². The highest BCUT2D eigenvalue weighted by Gasteiger charge is 2.19. The van der Waals surface area contributed by atoms with Gasteiger partial charge in [0, 0.05) is 24.6 Å². The van der Waals surface area contributed by atoms with Crippen LogP contribution in [-0.4, -0.2) is 29.2 Å². The van der Waals surface area contributed by atoms with Crippen LogP contribution in [0.5, 0.6) is 0 Å². The lowest BCUT2D eigenvalue weighted by Gasteiger charge is -2.33. The van der Waals surface area contributed by atoms with Crippen molar-refractivity contribution in [1.82, 2.24) is 4.90 Å². The molecular formula is C17H22FNO. The third-order valence-electron chi connectivity index (χ3n) is 3.85. The second-order valence-corrected chi connectivity index (χ2v) is 5.39. The van der Waals surface area contributed by atoms with Crippen molar-refractivity contribution in [3.63, 3.8) is 0 Å². The SMILES string of the molecule is CC1CCCCN1Cc1ccc(F)cc1C#CCCO. The highest BCUT2D eigenvalue weighted by atomic mass is 19.1. The van der Waals surface area contributed by atoms with Crippen molar-refractivity contribution in [2.24, 2.45) is 0 Å². The van der Waals surface area contributed by atoms with Crippen LogP contribution in [-0.2, 0) is 6.54 Å². The van der Waals surface area contributed by atoms with Crippen molar-refractivity contribution < 1.29 is 9.50 Å². The molecule has 0 aromatic heterocycles. The Hall–Kier alpha value is -1.37. The molecule has 1 N–H and O–H groups in total. The van der Waals surface area contributed by atoms with Crippen LogP contribution in [0, 0.1) is 17.7 Å². The molecule has 1 aromatic rings. The van der Waals surface area contributed by atoms with E-state index in [-0.39, 0.29) is 12.4 Å². The number of halogens is 1. The fourth-order valence-corrected chi connectivity index (χ4v) is 2.63. The zero-order chi connectivity index (χ0) is 14.4. The van der Waals surface area contributed by atoms with Gasteiger partial charge >= 0.3 is 0 Å². The summed E-state index contributed by atoms with van der Waals surface area (Å²) in [5.41, 5.74) is 1.82. The first-order valence-electron chi connectivity index (χ1n) is 7.33. The van der Waals surface area contributed by atoms with Crippen LogP contribution in [0.2, 0.25) is 0 Å². The van der Waals surface area contributed by atoms with E-state index in [0.29, 0.717) is 12.5 Å². The van der Waals surface area contributed by atoms with Gasteiger partial charge in [-0.3, -0.25) is 4.90 Å². The molecule has 0 amide bonds. The minimum absolute atomic E-state index is 0.0425. The number of hydrogen-bond donors (Lipinski definition) is 1. The number of benzene rings is 1. The van der Waals surface area contributed by atoms with Crippen LogP contribution in [0.25, 0.3) is 0 Å². The van der Waals surface area contributed by atoms with E-state index in [9.17, 15) is 4.39 Å². The molecule has 1 unspecified atom stereocenters. The molecule has 1 aromatic carbocycles. The molecule has 0 aliphatic carbocycles. The van der Waals surface area contributed by atoms with E-state index in [2.05, 4.69) is 23.7 Å². The Balaban J connectivity index is 2.16. The van der Waals surface area contributed by atoms with E-state index in [1.807, 2.05) is 6.07 Å². The molecule has 20 heavy (non-hydrogen) atoms.